The average molecular weight is 1270 g/mol. The van der Waals surface area contributed by atoms with Crippen molar-refractivity contribution in [1.29, 1.82) is 15.8 Å². The highest BCUT2D eigenvalue weighted by Crippen LogP contribution is 2.55. The second-order valence-electron chi connectivity index (χ2n) is 25.5. The molecule has 100 heavy (non-hydrogen) atoms. The van der Waals surface area contributed by atoms with Crippen LogP contribution in [0.25, 0.3) is 161 Å². The largest absolute Gasteiger partial charge is 0.309 e. The fourth-order valence-corrected chi connectivity index (χ4v) is 15.7. The molecule has 0 saturated carbocycles. The third-order valence-corrected chi connectivity index (χ3v) is 20.1. The van der Waals surface area contributed by atoms with Crippen molar-refractivity contribution in [2.24, 2.45) is 0 Å². The summed E-state index contributed by atoms with van der Waals surface area (Å²) >= 11 is 0. The Morgan fingerprint density at radius 3 is 1.35 bits per heavy atom. The summed E-state index contributed by atoms with van der Waals surface area (Å²) in [6, 6.07) is 117. The highest BCUT2D eigenvalue weighted by molar-refractivity contribution is 6.26. The van der Waals surface area contributed by atoms with Crippen molar-refractivity contribution in [3.8, 4) is 114 Å². The van der Waals surface area contributed by atoms with E-state index in [2.05, 4.69) is 287 Å². The lowest BCUT2D eigenvalue weighted by Gasteiger charge is -2.21. The number of benzene rings is 14. The summed E-state index contributed by atoms with van der Waals surface area (Å²) in [5.41, 5.74) is 24.5. The molecule has 0 spiro atoms. The van der Waals surface area contributed by atoms with E-state index in [9.17, 15) is 15.8 Å². The molecule has 9 nitrogen and oxygen atoms in total. The Balaban J connectivity index is 0.902. The van der Waals surface area contributed by atoms with Crippen LogP contribution >= 0.6 is 0 Å². The number of hydrogen-bond donors (Lipinski definition) is 0. The van der Waals surface area contributed by atoms with E-state index in [0.717, 1.165) is 155 Å². The van der Waals surface area contributed by atoms with Gasteiger partial charge in [0.2, 0.25) is 0 Å². The fraction of sp³-hybridized carbons (Fsp3) is 0.0110. The van der Waals surface area contributed by atoms with Gasteiger partial charge in [0.25, 0.3) is 0 Å². The Morgan fingerprint density at radius 1 is 0.270 bits per heavy atom. The first-order valence-corrected chi connectivity index (χ1v) is 33.4. The highest BCUT2D eigenvalue weighted by atomic mass is 15.1. The first-order chi connectivity index (χ1) is 49.5. The molecule has 0 saturated heterocycles. The zero-order chi connectivity index (χ0) is 66.5. The highest BCUT2D eigenvalue weighted by Gasteiger charge is 2.36. The predicted molar refractivity (Wildman–Crippen MR) is 402 cm³/mol. The van der Waals surface area contributed by atoms with Crippen molar-refractivity contribution in [1.82, 2.24) is 28.7 Å². The molecule has 0 amide bonds. The van der Waals surface area contributed by atoms with Crippen LogP contribution in [-0.4, -0.2) is 28.7 Å². The van der Waals surface area contributed by atoms with E-state index >= 15 is 0 Å². The van der Waals surface area contributed by atoms with E-state index < -0.39 is 0 Å². The van der Waals surface area contributed by atoms with Crippen LogP contribution in [0.4, 0.5) is 0 Å². The predicted octanol–water partition coefficient (Wildman–Crippen LogP) is 21.9. The van der Waals surface area contributed by atoms with Gasteiger partial charge in [0.1, 0.15) is 0 Å². The molecule has 18 aromatic rings. The first kappa shape index (κ1) is 57.4. The molecular weight excluding hydrogens is 1220 g/mol. The topological polar surface area (TPSA) is 125 Å². The smallest absolute Gasteiger partial charge is 0.166 e. The summed E-state index contributed by atoms with van der Waals surface area (Å²) in [6.07, 6.45) is 0. The summed E-state index contributed by atoms with van der Waals surface area (Å²) in [5.74, 6) is 1.06. The number of fused-ring (bicyclic) bond motifs is 14. The third-order valence-electron chi connectivity index (χ3n) is 20.1. The van der Waals surface area contributed by atoms with Gasteiger partial charge in [-0.1, -0.05) is 212 Å². The number of aromatic nitrogens is 6. The molecule has 4 aromatic heterocycles. The lowest BCUT2D eigenvalue weighted by molar-refractivity contribution is 1.00. The van der Waals surface area contributed by atoms with Crippen LogP contribution in [0.1, 0.15) is 39.3 Å². The molecule has 9 heteroatoms. The minimum Gasteiger partial charge on any atom is -0.309 e. The van der Waals surface area contributed by atoms with Gasteiger partial charge in [-0.3, -0.25) is 0 Å². The average Bonchev–Trinajstić information content (AvgIpc) is 1.55. The zero-order valence-electron chi connectivity index (χ0n) is 53.6. The molecule has 1 unspecified atom stereocenters. The van der Waals surface area contributed by atoms with Gasteiger partial charge in [-0.2, -0.15) is 15.8 Å². The van der Waals surface area contributed by atoms with E-state index in [-0.39, 0.29) is 5.92 Å². The van der Waals surface area contributed by atoms with Crippen LogP contribution < -0.4 is 0 Å². The normalized spacial score (nSPS) is 12.5. The minimum atomic E-state index is -0.320. The molecule has 0 N–H and O–H groups in total. The van der Waals surface area contributed by atoms with Gasteiger partial charge in [-0.05, 0) is 159 Å². The lowest BCUT2D eigenvalue weighted by atomic mass is 9.84. The first-order valence-electron chi connectivity index (χ1n) is 33.4. The summed E-state index contributed by atoms with van der Waals surface area (Å²) in [6.45, 7) is 0. The van der Waals surface area contributed by atoms with Crippen LogP contribution in [0.3, 0.4) is 0 Å². The van der Waals surface area contributed by atoms with Crippen LogP contribution in [0.15, 0.2) is 315 Å². The monoisotopic (exact) mass is 1270 g/mol. The summed E-state index contributed by atoms with van der Waals surface area (Å²) in [5, 5.41) is 37.4. The number of nitrogens with zero attached hydrogens (tertiary/aromatic N) is 9. The Morgan fingerprint density at radius 2 is 0.730 bits per heavy atom. The maximum atomic E-state index is 10.3. The molecule has 1 aliphatic carbocycles. The Hall–Kier alpha value is -14.0. The molecule has 4 heterocycles. The van der Waals surface area contributed by atoms with Crippen molar-refractivity contribution in [2.45, 2.75) is 5.92 Å². The van der Waals surface area contributed by atoms with Gasteiger partial charge in [-0.25, -0.2) is 15.0 Å². The standard InChI is InChI=1S/C91H53N9/c92-53-56-18-15-21-61(48-56)59-36-38-60(39-37-59)89-95-90(74-42-40-64(62-22-16-19-57(49-62)54-93)51-78(74)84-70-30-7-8-31-71(70)85-77(84)45-44-72-68-28-9-12-33-79(68)98(87(72)85)66-24-3-1-4-25-66)97-91(96-89)76-43-41-65(63-23-17-20-58(50-63)55-94)52-83(76)100-81-35-14-11-32-75(81)86-82(100)47-46-73-69-29-10-13-34-80(69)99(88(73)86)67-26-5-2-6-27-67/h1-52,84H. The van der Waals surface area contributed by atoms with Gasteiger partial charge in [0, 0.05) is 71.9 Å². The molecule has 1 aliphatic rings. The number of rotatable bonds is 10. The van der Waals surface area contributed by atoms with Crippen molar-refractivity contribution in [2.75, 3.05) is 0 Å². The third kappa shape index (κ3) is 9.10. The number of para-hydroxylation sites is 5. The quantitative estimate of drug-likeness (QED) is 0.134. The Bertz CT molecular complexity index is 6570. The van der Waals surface area contributed by atoms with Crippen molar-refractivity contribution in [3.63, 3.8) is 0 Å². The molecule has 0 aliphatic heterocycles. The van der Waals surface area contributed by atoms with Gasteiger partial charge in [0.15, 0.2) is 17.5 Å². The van der Waals surface area contributed by atoms with E-state index in [0.29, 0.717) is 34.2 Å². The molecular formula is C91H53N9. The van der Waals surface area contributed by atoms with Crippen LogP contribution in [0.5, 0.6) is 0 Å². The number of nitriles is 3. The van der Waals surface area contributed by atoms with Gasteiger partial charge >= 0.3 is 0 Å². The Labute approximate surface area is 575 Å². The zero-order valence-corrected chi connectivity index (χ0v) is 53.6. The molecule has 1 atom stereocenters. The molecule has 0 fully saturated rings. The second-order valence-corrected chi connectivity index (χ2v) is 25.5. The van der Waals surface area contributed by atoms with E-state index in [4.69, 9.17) is 15.0 Å². The summed E-state index contributed by atoms with van der Waals surface area (Å²) in [4.78, 5) is 17.1. The Kier molecular flexibility index (Phi) is 13.3. The van der Waals surface area contributed by atoms with E-state index in [1.807, 2.05) is 60.7 Å². The molecule has 14 aromatic carbocycles. The summed E-state index contributed by atoms with van der Waals surface area (Å²) in [7, 11) is 0. The molecule has 0 radical (unpaired) electrons. The van der Waals surface area contributed by atoms with Gasteiger partial charge in [0.05, 0.1) is 73.7 Å². The molecule has 19 rings (SSSR count). The molecule has 462 valence electrons. The van der Waals surface area contributed by atoms with Crippen molar-refractivity contribution in [3.05, 3.63) is 349 Å². The van der Waals surface area contributed by atoms with Crippen LogP contribution in [0, 0.1) is 34.0 Å². The maximum Gasteiger partial charge on any atom is 0.166 e. The van der Waals surface area contributed by atoms with Gasteiger partial charge < -0.3 is 13.7 Å². The van der Waals surface area contributed by atoms with Crippen LogP contribution in [-0.2, 0) is 0 Å². The SMILES string of the molecule is N#Cc1cccc(-c2ccc(-c3nc(-c4ccc(-c5cccc(C#N)c5)cc4C4c5ccccc5-c5c4ccc4c6ccccc6n(-c6ccccc6)c54)nc(-c4ccc(-c5cccc(C#N)c5)cc4-n4c5ccccc5c5c4ccc4c6ccccc6n(-c6ccccc6)c45)n3)cc2)c1. The molecule has 0 bridgehead atoms. The lowest BCUT2D eigenvalue weighted by Crippen LogP contribution is -2.07. The van der Waals surface area contributed by atoms with Crippen molar-refractivity contribution >= 4 is 65.4 Å². The van der Waals surface area contributed by atoms with Crippen LogP contribution in [0.2, 0.25) is 0 Å². The minimum absolute atomic E-state index is 0.320. The van der Waals surface area contributed by atoms with Crippen molar-refractivity contribution < 1.29 is 0 Å². The van der Waals surface area contributed by atoms with E-state index in [1.165, 1.54) is 5.39 Å². The van der Waals surface area contributed by atoms with E-state index in [1.54, 1.807) is 0 Å². The summed E-state index contributed by atoms with van der Waals surface area (Å²) < 4.78 is 7.20. The fourth-order valence-electron chi connectivity index (χ4n) is 15.7. The van der Waals surface area contributed by atoms with Gasteiger partial charge in [-0.15, -0.1) is 0 Å². The number of hydrogen-bond acceptors (Lipinski definition) is 6. The second kappa shape index (κ2) is 23.1. The maximum absolute atomic E-state index is 10.3.